The molecule has 0 bridgehead atoms. The summed E-state index contributed by atoms with van der Waals surface area (Å²) >= 11 is 2.58. The molecular weight excluding hydrogens is 873 g/mol. The summed E-state index contributed by atoms with van der Waals surface area (Å²) in [5, 5.41) is 21.0. The number of ether oxygens (including phenoxy) is 2. The number of aliphatic hydroxyl groups excluding tert-OH is 2. The number of aryl methyl sites for hydroxylation is 2. The molecule has 2 N–H and O–H groups in total. The Kier molecular flexibility index (Phi) is 17.6. The maximum atomic E-state index is 14.1. The molecule has 6 rings (SSSR count). The molecule has 0 unspecified atom stereocenters. The lowest BCUT2D eigenvalue weighted by molar-refractivity contribution is -0.148. The van der Waals surface area contributed by atoms with Crippen LogP contribution in [0, 0.1) is 0 Å². The molecule has 0 spiro atoms. The van der Waals surface area contributed by atoms with Crippen molar-refractivity contribution in [2.24, 2.45) is 0 Å². The van der Waals surface area contributed by atoms with E-state index in [4.69, 9.17) is 0 Å². The molecular formula is C48H54F4N2O8S2. The van der Waals surface area contributed by atoms with Crippen molar-refractivity contribution in [2.75, 3.05) is 27.3 Å². The van der Waals surface area contributed by atoms with Crippen LogP contribution in [0.15, 0.2) is 109 Å². The van der Waals surface area contributed by atoms with Gasteiger partial charge in [0.15, 0.2) is 0 Å². The van der Waals surface area contributed by atoms with Crippen molar-refractivity contribution in [3.8, 4) is 0 Å². The van der Waals surface area contributed by atoms with E-state index in [0.717, 1.165) is 20.9 Å². The van der Waals surface area contributed by atoms with Gasteiger partial charge in [0.1, 0.15) is 9.75 Å². The van der Waals surface area contributed by atoms with Gasteiger partial charge in [0, 0.05) is 47.5 Å². The first-order valence-corrected chi connectivity index (χ1v) is 22.6. The van der Waals surface area contributed by atoms with E-state index in [1.165, 1.54) is 71.0 Å². The highest BCUT2D eigenvalue weighted by Crippen LogP contribution is 2.36. The second kappa shape index (κ2) is 22.6. The van der Waals surface area contributed by atoms with Crippen molar-refractivity contribution in [3.05, 3.63) is 140 Å². The van der Waals surface area contributed by atoms with Crippen LogP contribution in [0.1, 0.15) is 91.6 Å². The lowest BCUT2D eigenvalue weighted by Crippen LogP contribution is -2.36. The summed E-state index contributed by atoms with van der Waals surface area (Å²) in [5.41, 5.74) is 1.88. The predicted molar refractivity (Wildman–Crippen MR) is 238 cm³/mol. The molecule has 0 saturated carbocycles. The highest BCUT2D eigenvalue weighted by molar-refractivity contribution is 7.14. The summed E-state index contributed by atoms with van der Waals surface area (Å²) in [4.78, 5) is 52.7. The van der Waals surface area contributed by atoms with Gasteiger partial charge < -0.3 is 29.5 Å². The molecule has 10 nitrogen and oxygen atoms in total. The molecule has 0 radical (unpaired) electrons. The fraction of sp³-hybridized carbons (Fsp3) is 0.417. The summed E-state index contributed by atoms with van der Waals surface area (Å²) in [6.07, 6.45) is 5.22. The van der Waals surface area contributed by atoms with Crippen LogP contribution in [0.2, 0.25) is 0 Å². The second-order valence-corrected chi connectivity index (χ2v) is 18.2. The molecule has 2 aromatic heterocycles. The molecule has 4 aromatic rings. The summed E-state index contributed by atoms with van der Waals surface area (Å²) in [5.74, 6) is -10.4. The molecule has 16 heteroatoms. The second-order valence-electron chi connectivity index (χ2n) is 15.8. The summed E-state index contributed by atoms with van der Waals surface area (Å²) in [6, 6.07) is 24.3. The Morgan fingerprint density at radius 2 is 1.02 bits per heavy atom. The number of thiophene rings is 2. The molecule has 2 saturated heterocycles. The van der Waals surface area contributed by atoms with Crippen molar-refractivity contribution in [3.63, 3.8) is 0 Å². The van der Waals surface area contributed by atoms with Crippen molar-refractivity contribution < 1.29 is 56.4 Å². The average Bonchev–Trinajstić information content (AvgIpc) is 4.07. The summed E-state index contributed by atoms with van der Waals surface area (Å²) in [6.45, 7) is 4.05. The van der Waals surface area contributed by atoms with Gasteiger partial charge in [-0.1, -0.05) is 98.8 Å². The summed E-state index contributed by atoms with van der Waals surface area (Å²) < 4.78 is 65.9. The van der Waals surface area contributed by atoms with Crippen molar-refractivity contribution in [1.29, 1.82) is 0 Å². The molecule has 6 atom stereocenters. The Labute approximate surface area is 378 Å². The van der Waals surface area contributed by atoms with Gasteiger partial charge in [0.05, 0.1) is 38.5 Å². The molecule has 2 aliphatic rings. The SMILES string of the molecule is COC(=O)c1ccc(CCCN2C(=O)C(F)(F)C[C@@H]2/C=C/[C@@H](O)[C@@H](C)c2ccccc2)s1.COC(=O)c1ccc(CCCN2C(=O)C(F)(F)C[C@@H]2/C=C/[C@H](O)[C@@H](C)c2ccccc2)s1. The largest absolute Gasteiger partial charge is 0.465 e. The smallest absolute Gasteiger partial charge is 0.348 e. The first-order valence-electron chi connectivity index (χ1n) is 21.0. The van der Waals surface area contributed by atoms with Gasteiger partial charge in [0.25, 0.3) is 11.8 Å². The van der Waals surface area contributed by atoms with Crippen LogP contribution in [0.25, 0.3) is 0 Å². The van der Waals surface area contributed by atoms with Gasteiger partial charge in [-0.2, -0.15) is 17.6 Å². The number of esters is 2. The maximum absolute atomic E-state index is 14.1. The number of aliphatic hydroxyl groups is 2. The first kappa shape index (κ1) is 49.8. The Morgan fingerprint density at radius 1 is 0.656 bits per heavy atom. The Balaban J connectivity index is 0.000000241. The Hall–Kier alpha value is -5.16. The Morgan fingerprint density at radius 3 is 1.36 bits per heavy atom. The third-order valence-corrected chi connectivity index (χ3v) is 13.6. The molecule has 64 heavy (non-hydrogen) atoms. The highest BCUT2D eigenvalue weighted by Gasteiger charge is 2.53. The van der Waals surface area contributed by atoms with Crippen LogP contribution < -0.4 is 0 Å². The normalized spacial score (nSPS) is 20.0. The summed E-state index contributed by atoms with van der Waals surface area (Å²) in [7, 11) is 2.62. The van der Waals surface area contributed by atoms with Gasteiger partial charge in [-0.3, -0.25) is 9.59 Å². The molecule has 2 aliphatic heterocycles. The molecule has 0 aliphatic carbocycles. The van der Waals surface area contributed by atoms with Crippen LogP contribution >= 0.6 is 22.7 Å². The van der Waals surface area contributed by atoms with Crippen LogP contribution in [-0.2, 0) is 31.9 Å². The van der Waals surface area contributed by atoms with Crippen molar-refractivity contribution >= 4 is 46.4 Å². The van der Waals surface area contributed by atoms with E-state index in [1.54, 1.807) is 24.3 Å². The van der Waals surface area contributed by atoms with Gasteiger partial charge >= 0.3 is 23.8 Å². The minimum atomic E-state index is -3.41. The third kappa shape index (κ3) is 13.0. The van der Waals surface area contributed by atoms with Crippen LogP contribution in [0.3, 0.4) is 0 Å². The molecule has 4 heterocycles. The topological polar surface area (TPSA) is 134 Å². The number of benzene rings is 2. The van der Waals surface area contributed by atoms with E-state index >= 15 is 0 Å². The van der Waals surface area contributed by atoms with Crippen molar-refractivity contribution in [2.45, 2.75) is 100 Å². The van der Waals surface area contributed by atoms with E-state index in [2.05, 4.69) is 9.47 Å². The lowest BCUT2D eigenvalue weighted by Gasteiger charge is -2.22. The Bertz CT molecular complexity index is 2080. The van der Waals surface area contributed by atoms with Gasteiger partial charge in [-0.05, 0) is 61.1 Å². The van der Waals surface area contributed by atoms with Gasteiger partial charge in [-0.25, -0.2) is 9.59 Å². The van der Waals surface area contributed by atoms with E-state index in [-0.39, 0.29) is 24.9 Å². The van der Waals surface area contributed by atoms with Crippen LogP contribution in [0.4, 0.5) is 17.6 Å². The van der Waals surface area contributed by atoms with Crippen LogP contribution in [0.5, 0.6) is 0 Å². The lowest BCUT2D eigenvalue weighted by atomic mass is 9.94. The number of carbonyl (C=O) groups excluding carboxylic acids is 4. The number of hydrogen-bond acceptors (Lipinski definition) is 10. The molecule has 2 amide bonds. The third-order valence-electron chi connectivity index (χ3n) is 11.4. The van der Waals surface area contributed by atoms with Gasteiger partial charge in [-0.15, -0.1) is 22.7 Å². The number of hydrogen-bond donors (Lipinski definition) is 2. The minimum Gasteiger partial charge on any atom is -0.465 e. The standard InChI is InChI=1S/2C24H27F2NO4S/c2*1-16(17-7-4-3-5-8-17)20(28)12-10-18-15-24(25,26)23(30)27(18)14-6-9-19-11-13-21(32-19)22(29)31-2/h2*3-5,7-8,10-13,16,18,20,28H,6,9,14-15H2,1-2H3/b2*12-10+/t16-,18-,20+;16-,18-,20-/m00/s1. The quantitative estimate of drug-likeness (QED) is 0.0575. The van der Waals surface area contributed by atoms with E-state index < -0.39 is 72.7 Å². The number of amides is 2. The van der Waals surface area contributed by atoms with E-state index in [0.29, 0.717) is 35.4 Å². The van der Waals surface area contributed by atoms with Gasteiger partial charge in [0.2, 0.25) is 0 Å². The van der Waals surface area contributed by atoms with E-state index in [1.807, 2.05) is 74.5 Å². The molecule has 2 aromatic carbocycles. The number of likely N-dealkylation sites (tertiary alicyclic amines) is 2. The number of methoxy groups -OCH3 is 2. The first-order chi connectivity index (χ1) is 30.4. The van der Waals surface area contributed by atoms with Crippen molar-refractivity contribution in [1.82, 2.24) is 9.80 Å². The fourth-order valence-electron chi connectivity index (χ4n) is 7.54. The maximum Gasteiger partial charge on any atom is 0.348 e. The average molecular weight is 927 g/mol. The van der Waals surface area contributed by atoms with Crippen LogP contribution in [-0.4, -0.2) is 107 Å². The fourth-order valence-corrected chi connectivity index (χ4v) is 9.47. The zero-order chi connectivity index (χ0) is 46.6. The molecule has 2 fully saturated rings. The monoisotopic (exact) mass is 926 g/mol. The number of rotatable bonds is 18. The zero-order valence-electron chi connectivity index (χ0n) is 36.1. The number of nitrogens with zero attached hydrogens (tertiary/aromatic N) is 2. The molecule has 344 valence electrons. The minimum absolute atomic E-state index is 0.166. The number of alkyl halides is 4. The predicted octanol–water partition coefficient (Wildman–Crippen LogP) is 8.85. The number of halogens is 4. The number of carbonyl (C=O) groups is 4. The highest BCUT2D eigenvalue weighted by atomic mass is 32.1. The zero-order valence-corrected chi connectivity index (χ0v) is 37.7. The van der Waals surface area contributed by atoms with E-state index in [9.17, 15) is 47.0 Å².